The number of ether oxygens (including phenoxy) is 1. The molecule has 5 rings (SSSR count). The summed E-state index contributed by atoms with van der Waals surface area (Å²) in [5, 5.41) is 9.18. The molecule has 174 valence electrons. The molecule has 7 heteroatoms. The lowest BCUT2D eigenvalue weighted by atomic mass is 9.91. The smallest absolute Gasteiger partial charge is 0.286 e. The molecule has 1 N–H and O–H groups in total. The van der Waals surface area contributed by atoms with E-state index in [0.29, 0.717) is 17.3 Å². The van der Waals surface area contributed by atoms with Crippen LogP contribution < -0.4 is 20.2 Å². The number of hydrogen-bond acceptors (Lipinski definition) is 5. The van der Waals surface area contributed by atoms with Crippen LogP contribution in [-0.2, 0) is 11.2 Å². The highest BCUT2D eigenvalue weighted by Gasteiger charge is 2.40. The van der Waals surface area contributed by atoms with Crippen molar-refractivity contribution in [2.45, 2.75) is 26.3 Å². The van der Waals surface area contributed by atoms with Gasteiger partial charge in [-0.3, -0.25) is 20.2 Å². The Bertz CT molecular complexity index is 1230. The van der Waals surface area contributed by atoms with Gasteiger partial charge in [-0.2, -0.15) is 5.10 Å². The third-order valence-corrected chi connectivity index (χ3v) is 6.69. The number of benzene rings is 3. The van der Waals surface area contributed by atoms with Gasteiger partial charge in [-0.05, 0) is 54.8 Å². The molecule has 3 aromatic rings. The lowest BCUT2D eigenvalue weighted by Crippen LogP contribution is -2.45. The second-order valence-corrected chi connectivity index (χ2v) is 8.90. The van der Waals surface area contributed by atoms with Crippen LogP contribution in [0.25, 0.3) is 0 Å². The Kier molecular flexibility index (Phi) is 6.16. The zero-order valence-electron chi connectivity index (χ0n) is 19.2. The SMILES string of the molecule is CCOc1ccc([C@H]2[C@@H](C)C(C(=O)NN3CCc4ccccc43)=NN2c2ccccc2Cl)cc1. The molecule has 0 saturated heterocycles. The van der Waals surface area contributed by atoms with Crippen LogP contribution in [0, 0.1) is 5.92 Å². The van der Waals surface area contributed by atoms with E-state index in [9.17, 15) is 4.79 Å². The monoisotopic (exact) mass is 474 g/mol. The number of carbonyl (C=O) groups excluding carboxylic acids is 1. The number of halogens is 1. The van der Waals surface area contributed by atoms with Gasteiger partial charge in [-0.15, -0.1) is 0 Å². The van der Waals surface area contributed by atoms with Crippen LogP contribution in [0.2, 0.25) is 5.02 Å². The van der Waals surface area contributed by atoms with Gasteiger partial charge in [0.05, 0.1) is 29.0 Å². The minimum atomic E-state index is -0.199. The van der Waals surface area contributed by atoms with E-state index in [1.54, 1.807) is 0 Å². The lowest BCUT2D eigenvalue weighted by molar-refractivity contribution is -0.115. The number of fused-ring (bicyclic) bond motifs is 1. The molecule has 0 fully saturated rings. The summed E-state index contributed by atoms with van der Waals surface area (Å²) < 4.78 is 5.61. The fraction of sp³-hybridized carbons (Fsp3) is 0.259. The largest absolute Gasteiger partial charge is 0.494 e. The van der Waals surface area contributed by atoms with Crippen LogP contribution >= 0.6 is 11.6 Å². The Balaban J connectivity index is 1.46. The van der Waals surface area contributed by atoms with Crippen molar-refractivity contribution in [3.05, 3.63) is 88.9 Å². The topological polar surface area (TPSA) is 57.2 Å². The van der Waals surface area contributed by atoms with Crippen LogP contribution in [0.15, 0.2) is 77.9 Å². The van der Waals surface area contributed by atoms with Gasteiger partial charge in [0.1, 0.15) is 11.5 Å². The van der Waals surface area contributed by atoms with Crippen LogP contribution in [-0.4, -0.2) is 24.8 Å². The quantitative estimate of drug-likeness (QED) is 0.520. The first-order chi connectivity index (χ1) is 16.6. The maximum Gasteiger partial charge on any atom is 0.286 e. The zero-order chi connectivity index (χ0) is 23.7. The minimum Gasteiger partial charge on any atom is -0.494 e. The maximum atomic E-state index is 13.4. The van der Waals surface area contributed by atoms with E-state index in [-0.39, 0.29) is 17.9 Å². The molecule has 0 aliphatic carbocycles. The summed E-state index contributed by atoms with van der Waals surface area (Å²) in [4.78, 5) is 13.4. The fourth-order valence-electron chi connectivity index (χ4n) is 4.72. The van der Waals surface area contributed by atoms with E-state index in [0.717, 1.165) is 35.7 Å². The van der Waals surface area contributed by atoms with Gasteiger partial charge < -0.3 is 4.74 Å². The zero-order valence-corrected chi connectivity index (χ0v) is 20.0. The predicted octanol–water partition coefficient (Wildman–Crippen LogP) is 5.39. The molecular weight excluding hydrogens is 448 g/mol. The molecule has 2 heterocycles. The minimum absolute atomic E-state index is 0.160. The van der Waals surface area contributed by atoms with Gasteiger partial charge in [0.15, 0.2) is 0 Å². The van der Waals surface area contributed by atoms with Crippen molar-refractivity contribution in [3.63, 3.8) is 0 Å². The Hall–Kier alpha value is -3.51. The normalized spacial score (nSPS) is 19.1. The maximum absolute atomic E-state index is 13.4. The number of nitrogens with one attached hydrogen (secondary N) is 1. The van der Waals surface area contributed by atoms with E-state index in [1.807, 2.05) is 90.6 Å². The molecule has 0 unspecified atom stereocenters. The predicted molar refractivity (Wildman–Crippen MR) is 137 cm³/mol. The molecule has 2 aliphatic rings. The number of hydrogen-bond donors (Lipinski definition) is 1. The number of amides is 1. The number of carbonyl (C=O) groups is 1. The van der Waals surface area contributed by atoms with Crippen LogP contribution in [0.5, 0.6) is 5.75 Å². The number of hydrazine groups is 1. The highest BCUT2D eigenvalue weighted by molar-refractivity contribution is 6.41. The first-order valence-corrected chi connectivity index (χ1v) is 12.0. The number of hydrazone groups is 1. The summed E-state index contributed by atoms with van der Waals surface area (Å²) >= 11 is 6.55. The summed E-state index contributed by atoms with van der Waals surface area (Å²) in [7, 11) is 0. The van der Waals surface area contributed by atoms with Gasteiger partial charge in [-0.25, -0.2) is 0 Å². The Morgan fingerprint density at radius 1 is 1.06 bits per heavy atom. The molecule has 0 spiro atoms. The van der Waals surface area contributed by atoms with Gasteiger partial charge in [0.2, 0.25) is 0 Å². The van der Waals surface area contributed by atoms with Crippen LogP contribution in [0.3, 0.4) is 0 Å². The van der Waals surface area contributed by atoms with Crippen molar-refractivity contribution in [2.75, 3.05) is 23.2 Å². The Labute approximate surface area is 204 Å². The highest BCUT2D eigenvalue weighted by Crippen LogP contribution is 2.42. The van der Waals surface area contributed by atoms with E-state index >= 15 is 0 Å². The Morgan fingerprint density at radius 3 is 2.50 bits per heavy atom. The summed E-state index contributed by atoms with van der Waals surface area (Å²) in [6, 6.07) is 23.5. The van der Waals surface area contributed by atoms with E-state index in [1.165, 1.54) is 5.56 Å². The van der Waals surface area contributed by atoms with Crippen LogP contribution in [0.1, 0.15) is 31.0 Å². The van der Waals surface area contributed by atoms with E-state index in [4.69, 9.17) is 21.4 Å². The average Bonchev–Trinajstić information content (AvgIpc) is 3.41. The van der Waals surface area contributed by atoms with Crippen molar-refractivity contribution in [3.8, 4) is 5.75 Å². The average molecular weight is 475 g/mol. The molecular formula is C27H27ClN4O2. The van der Waals surface area contributed by atoms with Crippen LogP contribution in [0.4, 0.5) is 11.4 Å². The second-order valence-electron chi connectivity index (χ2n) is 8.49. The third kappa shape index (κ3) is 4.10. The summed E-state index contributed by atoms with van der Waals surface area (Å²) in [6.45, 7) is 5.35. The molecule has 1 amide bonds. The summed E-state index contributed by atoms with van der Waals surface area (Å²) in [5.41, 5.74) is 7.62. The van der Waals surface area contributed by atoms with E-state index in [2.05, 4.69) is 11.5 Å². The molecule has 0 radical (unpaired) electrons. The number of nitrogens with zero attached hydrogens (tertiary/aromatic N) is 3. The third-order valence-electron chi connectivity index (χ3n) is 6.37. The highest BCUT2D eigenvalue weighted by atomic mass is 35.5. The first kappa shape index (κ1) is 22.3. The molecule has 0 aromatic heterocycles. The van der Waals surface area contributed by atoms with Crippen molar-refractivity contribution in [1.29, 1.82) is 0 Å². The Morgan fingerprint density at radius 2 is 1.76 bits per heavy atom. The van der Waals surface area contributed by atoms with Crippen molar-refractivity contribution in [2.24, 2.45) is 11.0 Å². The fourth-order valence-corrected chi connectivity index (χ4v) is 4.94. The molecule has 0 bridgehead atoms. The molecule has 2 atom stereocenters. The van der Waals surface area contributed by atoms with Crippen molar-refractivity contribution in [1.82, 2.24) is 5.43 Å². The van der Waals surface area contributed by atoms with E-state index < -0.39 is 0 Å². The van der Waals surface area contributed by atoms with Gasteiger partial charge in [-0.1, -0.05) is 61.0 Å². The molecule has 0 saturated carbocycles. The van der Waals surface area contributed by atoms with Crippen molar-refractivity contribution >= 4 is 34.6 Å². The summed E-state index contributed by atoms with van der Waals surface area (Å²) in [5.74, 6) is 0.453. The first-order valence-electron chi connectivity index (χ1n) is 11.6. The van der Waals surface area contributed by atoms with Gasteiger partial charge in [0, 0.05) is 12.5 Å². The molecule has 6 nitrogen and oxygen atoms in total. The lowest BCUT2D eigenvalue weighted by Gasteiger charge is -2.27. The number of para-hydroxylation sites is 2. The molecule has 3 aromatic carbocycles. The van der Waals surface area contributed by atoms with Crippen molar-refractivity contribution < 1.29 is 9.53 Å². The van der Waals surface area contributed by atoms with Gasteiger partial charge >= 0.3 is 0 Å². The molecule has 2 aliphatic heterocycles. The van der Waals surface area contributed by atoms with Gasteiger partial charge in [0.25, 0.3) is 5.91 Å². The number of anilines is 2. The standard InChI is InChI=1S/C27H27ClN4O2/c1-3-34-21-14-12-20(13-15-21)26-18(2)25(29-32(26)24-11-7-5-9-22(24)28)27(33)30-31-17-16-19-8-4-6-10-23(19)31/h4-15,18,26H,3,16-17H2,1-2H3,(H,30,33)/t18-,26+/m0/s1. The number of rotatable bonds is 6. The second kappa shape index (κ2) is 9.39. The molecule has 34 heavy (non-hydrogen) atoms. The summed E-state index contributed by atoms with van der Waals surface area (Å²) in [6.07, 6.45) is 0.902.